The highest BCUT2D eigenvalue weighted by Gasteiger charge is 2.27. The summed E-state index contributed by atoms with van der Waals surface area (Å²) >= 11 is 0. The molecular weight excluding hydrogens is 574 g/mol. The number of hydrogen-bond acceptors (Lipinski definition) is 5. The first kappa shape index (κ1) is 42.8. The Morgan fingerprint density at radius 1 is 0.614 bits per heavy atom. The molecule has 0 spiro atoms. The smallest absolute Gasteiger partial charge is 0.267 e. The molecule has 44 heavy (non-hydrogen) atoms. The van der Waals surface area contributed by atoms with Crippen molar-refractivity contribution in [3.05, 3.63) is 24.3 Å². The minimum Gasteiger partial charge on any atom is -0.387 e. The summed E-state index contributed by atoms with van der Waals surface area (Å²) in [5, 5.41) is 23.2. The van der Waals surface area contributed by atoms with Gasteiger partial charge in [0, 0.05) is 0 Å². The molecular formula is C36H69NO6S. The molecule has 260 valence electrons. The van der Waals surface area contributed by atoms with E-state index in [2.05, 4.69) is 31.3 Å². The molecule has 7 nitrogen and oxygen atoms in total. The minimum atomic E-state index is -4.44. The van der Waals surface area contributed by atoms with E-state index in [-0.39, 0.29) is 6.42 Å². The maximum absolute atomic E-state index is 12.5. The number of carbonyl (C=O) groups is 1. The number of unbranched alkanes of at least 4 members (excludes halogenated alkanes) is 21. The van der Waals surface area contributed by atoms with Gasteiger partial charge in [0.1, 0.15) is 6.10 Å². The van der Waals surface area contributed by atoms with Gasteiger partial charge in [-0.1, -0.05) is 167 Å². The van der Waals surface area contributed by atoms with Crippen LogP contribution in [0.15, 0.2) is 24.3 Å². The van der Waals surface area contributed by atoms with Gasteiger partial charge in [-0.25, -0.2) is 0 Å². The van der Waals surface area contributed by atoms with Crippen molar-refractivity contribution in [2.75, 3.05) is 5.75 Å². The van der Waals surface area contributed by atoms with Crippen molar-refractivity contribution >= 4 is 16.0 Å². The van der Waals surface area contributed by atoms with Crippen molar-refractivity contribution < 1.29 is 28.0 Å². The molecule has 1 amide bonds. The maximum atomic E-state index is 12.5. The molecule has 0 saturated carbocycles. The summed E-state index contributed by atoms with van der Waals surface area (Å²) in [7, 11) is -4.44. The van der Waals surface area contributed by atoms with E-state index in [0.29, 0.717) is 12.8 Å². The lowest BCUT2D eigenvalue weighted by Gasteiger charge is -2.22. The molecule has 0 aromatic rings. The number of amides is 1. The van der Waals surface area contributed by atoms with Crippen molar-refractivity contribution in [3.63, 3.8) is 0 Å². The maximum Gasteiger partial charge on any atom is 0.267 e. The highest BCUT2D eigenvalue weighted by Crippen LogP contribution is 2.14. The molecule has 0 heterocycles. The third kappa shape index (κ3) is 29.5. The largest absolute Gasteiger partial charge is 0.387 e. The quantitative estimate of drug-likeness (QED) is 0.0329. The number of carbonyl (C=O) groups excluding carboxylic acids is 1. The van der Waals surface area contributed by atoms with Crippen LogP contribution in [0.5, 0.6) is 0 Å². The molecule has 0 aliphatic rings. The van der Waals surface area contributed by atoms with E-state index in [1.807, 2.05) is 0 Å². The molecule has 0 aliphatic heterocycles. The Balaban J connectivity index is 4.14. The number of nitrogens with one attached hydrogen (secondary N) is 1. The fourth-order valence-electron chi connectivity index (χ4n) is 5.41. The second-order valence-electron chi connectivity index (χ2n) is 12.6. The summed E-state index contributed by atoms with van der Waals surface area (Å²) in [6.45, 7) is 4.46. The standard InChI is InChI=1S/C36H69NO6S/c1-3-5-7-9-11-13-14-15-16-17-18-19-20-21-23-24-26-28-30-34(38)33(32-44(41,42)43)37-36(40)35(39)31-29-27-25-22-12-10-8-6-4-2/h21,23,28,30,33-35,38-39H,3-20,22,24-27,29,31-32H2,1-2H3,(H,37,40)(H,41,42,43)/b23-21+,30-28+. The first-order valence-electron chi connectivity index (χ1n) is 18.1. The summed E-state index contributed by atoms with van der Waals surface area (Å²) in [5.74, 6) is -1.56. The summed E-state index contributed by atoms with van der Waals surface area (Å²) in [5.41, 5.74) is 0. The van der Waals surface area contributed by atoms with Gasteiger partial charge in [-0.15, -0.1) is 0 Å². The molecule has 0 radical (unpaired) electrons. The van der Waals surface area contributed by atoms with Gasteiger partial charge >= 0.3 is 0 Å². The SMILES string of the molecule is CCCCCCCCCCCCCC/C=C/CC/C=C/C(O)C(CS(=O)(=O)O)NC(=O)C(O)CCCCCCCCCCC. The molecule has 0 aromatic heterocycles. The molecule has 3 atom stereocenters. The fourth-order valence-corrected chi connectivity index (χ4v) is 6.15. The van der Waals surface area contributed by atoms with Crippen LogP contribution in [0.1, 0.15) is 174 Å². The van der Waals surface area contributed by atoms with Gasteiger partial charge in [0.05, 0.1) is 17.9 Å². The second kappa shape index (κ2) is 30.4. The molecule has 0 aromatic carbocycles. The lowest BCUT2D eigenvalue weighted by molar-refractivity contribution is -0.130. The Labute approximate surface area is 271 Å². The average molecular weight is 644 g/mol. The second-order valence-corrected chi connectivity index (χ2v) is 14.1. The lowest BCUT2D eigenvalue weighted by atomic mass is 10.0. The zero-order chi connectivity index (χ0) is 32.7. The number of rotatable bonds is 32. The Kier molecular flexibility index (Phi) is 29.6. The van der Waals surface area contributed by atoms with Gasteiger partial charge in [-0.3, -0.25) is 9.35 Å². The van der Waals surface area contributed by atoms with Crippen LogP contribution < -0.4 is 5.32 Å². The van der Waals surface area contributed by atoms with Crippen LogP contribution in [0, 0.1) is 0 Å². The molecule has 0 aliphatic carbocycles. The number of hydrogen-bond donors (Lipinski definition) is 4. The lowest BCUT2D eigenvalue weighted by Crippen LogP contribution is -2.50. The fraction of sp³-hybridized carbons (Fsp3) is 0.861. The van der Waals surface area contributed by atoms with Gasteiger partial charge in [-0.05, 0) is 32.1 Å². The van der Waals surface area contributed by atoms with E-state index >= 15 is 0 Å². The molecule has 8 heteroatoms. The Morgan fingerprint density at radius 3 is 1.50 bits per heavy atom. The topological polar surface area (TPSA) is 124 Å². The predicted molar refractivity (Wildman–Crippen MR) is 185 cm³/mol. The summed E-state index contributed by atoms with van der Waals surface area (Å²) < 4.78 is 32.3. The first-order chi connectivity index (χ1) is 21.2. The van der Waals surface area contributed by atoms with Crippen molar-refractivity contribution in [3.8, 4) is 0 Å². The number of aliphatic hydroxyl groups is 2. The molecule has 3 unspecified atom stereocenters. The van der Waals surface area contributed by atoms with E-state index in [4.69, 9.17) is 0 Å². The monoisotopic (exact) mass is 643 g/mol. The van der Waals surface area contributed by atoms with Gasteiger partial charge < -0.3 is 15.5 Å². The third-order valence-electron chi connectivity index (χ3n) is 8.24. The molecule has 0 saturated heterocycles. The highest BCUT2D eigenvalue weighted by molar-refractivity contribution is 7.85. The zero-order valence-corrected chi connectivity index (χ0v) is 29.2. The number of aliphatic hydroxyl groups excluding tert-OH is 2. The summed E-state index contributed by atoms with van der Waals surface area (Å²) in [6.07, 6.45) is 33.9. The zero-order valence-electron chi connectivity index (χ0n) is 28.4. The van der Waals surface area contributed by atoms with Crippen LogP contribution in [-0.4, -0.2) is 53.1 Å². The molecule has 0 fully saturated rings. The Bertz CT molecular complexity index is 813. The van der Waals surface area contributed by atoms with Gasteiger partial charge in [0.15, 0.2) is 0 Å². The van der Waals surface area contributed by atoms with E-state index in [1.165, 1.54) is 115 Å². The van der Waals surface area contributed by atoms with E-state index in [1.54, 1.807) is 6.08 Å². The summed E-state index contributed by atoms with van der Waals surface area (Å²) in [6, 6.07) is -1.24. The van der Waals surface area contributed by atoms with Gasteiger partial charge in [-0.2, -0.15) is 8.42 Å². The van der Waals surface area contributed by atoms with Crippen LogP contribution in [0.25, 0.3) is 0 Å². The van der Waals surface area contributed by atoms with Crippen LogP contribution in [0.4, 0.5) is 0 Å². The summed E-state index contributed by atoms with van der Waals surface area (Å²) in [4.78, 5) is 12.5. The molecule has 0 rings (SSSR count). The Morgan fingerprint density at radius 2 is 1.02 bits per heavy atom. The first-order valence-corrected chi connectivity index (χ1v) is 19.8. The third-order valence-corrected chi connectivity index (χ3v) is 9.02. The van der Waals surface area contributed by atoms with Crippen molar-refractivity contribution in [2.24, 2.45) is 0 Å². The highest BCUT2D eigenvalue weighted by atomic mass is 32.2. The van der Waals surface area contributed by atoms with E-state index in [9.17, 15) is 28.0 Å². The van der Waals surface area contributed by atoms with Gasteiger partial charge in [0.25, 0.3) is 10.1 Å². The Hall–Kier alpha value is -1.22. The van der Waals surface area contributed by atoms with Crippen molar-refractivity contribution in [1.29, 1.82) is 0 Å². The molecule has 0 bridgehead atoms. The predicted octanol–water partition coefficient (Wildman–Crippen LogP) is 8.99. The van der Waals surface area contributed by atoms with Crippen molar-refractivity contribution in [1.82, 2.24) is 5.32 Å². The van der Waals surface area contributed by atoms with Crippen molar-refractivity contribution in [2.45, 2.75) is 193 Å². The molecule has 4 N–H and O–H groups in total. The van der Waals surface area contributed by atoms with Crippen LogP contribution in [-0.2, 0) is 14.9 Å². The van der Waals surface area contributed by atoms with Crippen LogP contribution in [0.3, 0.4) is 0 Å². The number of allylic oxidation sites excluding steroid dienone is 3. The minimum absolute atomic E-state index is 0.276. The normalized spacial score (nSPS) is 14.4. The van der Waals surface area contributed by atoms with Crippen LogP contribution in [0.2, 0.25) is 0 Å². The van der Waals surface area contributed by atoms with Gasteiger partial charge in [0.2, 0.25) is 5.91 Å². The average Bonchev–Trinajstić information content (AvgIpc) is 2.98. The van der Waals surface area contributed by atoms with Crippen LogP contribution >= 0.6 is 0 Å². The van der Waals surface area contributed by atoms with E-state index < -0.39 is 40.0 Å². The van der Waals surface area contributed by atoms with E-state index in [0.717, 1.165) is 32.1 Å².